The van der Waals surface area contributed by atoms with Gasteiger partial charge >= 0.3 is 0 Å². The smallest absolute Gasteiger partial charge is 0.234 e. The van der Waals surface area contributed by atoms with Crippen LogP contribution in [0, 0.1) is 11.6 Å². The van der Waals surface area contributed by atoms with Crippen molar-refractivity contribution in [3.8, 4) is 5.75 Å². The van der Waals surface area contributed by atoms with Crippen molar-refractivity contribution in [1.29, 1.82) is 0 Å². The molecular weight excluding hydrogens is 388 g/mol. The molecule has 0 spiro atoms. The highest BCUT2D eigenvalue weighted by Gasteiger charge is 2.07. The summed E-state index contributed by atoms with van der Waals surface area (Å²) in [6.07, 6.45) is 0. The van der Waals surface area contributed by atoms with E-state index in [1.807, 2.05) is 18.2 Å². The van der Waals surface area contributed by atoms with Crippen LogP contribution >= 0.6 is 27.7 Å². The summed E-state index contributed by atoms with van der Waals surface area (Å²) in [7, 11) is 1.59. The maximum Gasteiger partial charge on any atom is 0.234 e. The zero-order valence-corrected chi connectivity index (χ0v) is 14.6. The lowest BCUT2D eigenvalue weighted by atomic mass is 10.2. The highest BCUT2D eigenvalue weighted by atomic mass is 79.9. The van der Waals surface area contributed by atoms with Gasteiger partial charge in [0.15, 0.2) is 11.6 Å². The van der Waals surface area contributed by atoms with Crippen LogP contribution in [0.2, 0.25) is 0 Å². The third-order valence-corrected chi connectivity index (χ3v) is 4.54. The molecule has 0 aliphatic rings. The summed E-state index contributed by atoms with van der Waals surface area (Å²) in [6.45, 7) is 0. The van der Waals surface area contributed by atoms with Crippen LogP contribution in [0.3, 0.4) is 0 Å². The van der Waals surface area contributed by atoms with E-state index in [9.17, 15) is 13.6 Å². The Labute approximate surface area is 145 Å². The number of carbonyl (C=O) groups is 1. The number of amides is 1. The highest BCUT2D eigenvalue weighted by Crippen LogP contribution is 2.27. The minimum atomic E-state index is -0.987. The number of methoxy groups -OCH3 is 1. The third kappa shape index (κ3) is 5.21. The van der Waals surface area contributed by atoms with Gasteiger partial charge in [0.25, 0.3) is 0 Å². The SMILES string of the molecule is COc1ccc(CSCC(=O)Nc2ccc(F)c(F)c2)cc1Br. The molecule has 0 fully saturated rings. The van der Waals surface area contributed by atoms with Crippen molar-refractivity contribution in [2.75, 3.05) is 18.2 Å². The average molecular weight is 402 g/mol. The molecule has 0 radical (unpaired) electrons. The molecule has 3 nitrogen and oxygen atoms in total. The molecule has 7 heteroatoms. The molecule has 23 heavy (non-hydrogen) atoms. The molecule has 0 heterocycles. The molecule has 2 rings (SSSR count). The van der Waals surface area contributed by atoms with Gasteiger partial charge in [-0.1, -0.05) is 6.07 Å². The molecule has 0 aliphatic carbocycles. The molecule has 0 aromatic heterocycles. The number of anilines is 1. The van der Waals surface area contributed by atoms with E-state index in [0.717, 1.165) is 27.9 Å². The van der Waals surface area contributed by atoms with Gasteiger partial charge in [-0.25, -0.2) is 8.78 Å². The van der Waals surface area contributed by atoms with Gasteiger partial charge < -0.3 is 10.1 Å². The van der Waals surface area contributed by atoms with Crippen molar-refractivity contribution >= 4 is 39.3 Å². The van der Waals surface area contributed by atoms with Crippen LogP contribution in [-0.4, -0.2) is 18.8 Å². The number of rotatable bonds is 6. The molecule has 0 saturated heterocycles. The molecule has 0 saturated carbocycles. The standard InChI is InChI=1S/C16H14BrF2NO2S/c1-22-15-5-2-10(6-12(15)17)8-23-9-16(21)20-11-3-4-13(18)14(19)7-11/h2-7H,8-9H2,1H3,(H,20,21). The maximum absolute atomic E-state index is 13.1. The maximum atomic E-state index is 13.1. The van der Waals surface area contributed by atoms with Crippen molar-refractivity contribution in [3.63, 3.8) is 0 Å². The molecule has 122 valence electrons. The summed E-state index contributed by atoms with van der Waals surface area (Å²) in [5.41, 5.74) is 1.28. The molecule has 2 aromatic carbocycles. The third-order valence-electron chi connectivity index (χ3n) is 2.92. The fourth-order valence-corrected chi connectivity index (χ4v) is 3.20. The van der Waals surface area contributed by atoms with E-state index < -0.39 is 11.6 Å². The topological polar surface area (TPSA) is 38.3 Å². The van der Waals surface area contributed by atoms with Crippen molar-refractivity contribution in [2.45, 2.75) is 5.75 Å². The monoisotopic (exact) mass is 401 g/mol. The molecular formula is C16H14BrF2NO2S. The Morgan fingerprint density at radius 3 is 2.65 bits per heavy atom. The number of ether oxygens (including phenoxy) is 1. The van der Waals surface area contributed by atoms with Gasteiger partial charge in [-0.05, 0) is 45.8 Å². The summed E-state index contributed by atoms with van der Waals surface area (Å²) >= 11 is 4.83. The zero-order chi connectivity index (χ0) is 16.8. The van der Waals surface area contributed by atoms with Crippen LogP contribution in [0.5, 0.6) is 5.75 Å². The lowest BCUT2D eigenvalue weighted by Crippen LogP contribution is -2.14. The van der Waals surface area contributed by atoms with Crippen molar-refractivity contribution in [1.82, 2.24) is 0 Å². The Morgan fingerprint density at radius 2 is 2.00 bits per heavy atom. The van der Waals surface area contributed by atoms with Crippen molar-refractivity contribution < 1.29 is 18.3 Å². The lowest BCUT2D eigenvalue weighted by Gasteiger charge is -2.07. The molecule has 1 N–H and O–H groups in total. The van der Waals surface area contributed by atoms with Crippen LogP contribution < -0.4 is 10.1 Å². The predicted molar refractivity (Wildman–Crippen MR) is 91.8 cm³/mol. The second kappa shape index (κ2) is 8.31. The number of thioether (sulfide) groups is 1. The Morgan fingerprint density at radius 1 is 1.22 bits per heavy atom. The Balaban J connectivity index is 1.82. The van der Waals surface area contributed by atoms with E-state index in [2.05, 4.69) is 21.2 Å². The van der Waals surface area contributed by atoms with Gasteiger partial charge in [0.05, 0.1) is 17.3 Å². The number of hydrogen-bond donors (Lipinski definition) is 1. The number of carbonyl (C=O) groups excluding carboxylic acids is 1. The molecule has 0 unspecified atom stereocenters. The molecule has 1 amide bonds. The van der Waals surface area contributed by atoms with Gasteiger partial charge in [0, 0.05) is 17.5 Å². The first-order valence-corrected chi connectivity index (χ1v) is 8.59. The van der Waals surface area contributed by atoms with E-state index in [0.29, 0.717) is 5.75 Å². The molecule has 0 aliphatic heterocycles. The number of hydrogen-bond acceptors (Lipinski definition) is 3. The number of nitrogens with one attached hydrogen (secondary N) is 1. The Hall–Kier alpha value is -1.60. The van der Waals surface area contributed by atoms with Crippen LogP contribution in [0.15, 0.2) is 40.9 Å². The van der Waals surface area contributed by atoms with Gasteiger partial charge in [0.2, 0.25) is 5.91 Å². The Kier molecular flexibility index (Phi) is 6.41. The van der Waals surface area contributed by atoms with Crippen LogP contribution in [0.25, 0.3) is 0 Å². The second-order valence-electron chi connectivity index (χ2n) is 4.64. The summed E-state index contributed by atoms with van der Waals surface area (Å²) in [4.78, 5) is 11.8. The molecule has 2 aromatic rings. The summed E-state index contributed by atoms with van der Waals surface area (Å²) in [6, 6.07) is 8.96. The average Bonchev–Trinajstić information content (AvgIpc) is 2.51. The first kappa shape index (κ1) is 17.7. The van der Waals surface area contributed by atoms with E-state index in [-0.39, 0.29) is 17.3 Å². The van der Waals surface area contributed by atoms with Gasteiger partial charge in [-0.15, -0.1) is 11.8 Å². The minimum Gasteiger partial charge on any atom is -0.496 e. The highest BCUT2D eigenvalue weighted by molar-refractivity contribution is 9.10. The van der Waals surface area contributed by atoms with Crippen molar-refractivity contribution in [2.24, 2.45) is 0 Å². The van der Waals surface area contributed by atoms with Gasteiger partial charge in [-0.3, -0.25) is 4.79 Å². The van der Waals surface area contributed by atoms with E-state index in [4.69, 9.17) is 4.74 Å². The van der Waals surface area contributed by atoms with Gasteiger partial charge in [-0.2, -0.15) is 0 Å². The quantitative estimate of drug-likeness (QED) is 0.767. The fourth-order valence-electron chi connectivity index (χ4n) is 1.83. The van der Waals surface area contributed by atoms with Crippen LogP contribution in [0.1, 0.15) is 5.56 Å². The molecule has 0 bridgehead atoms. The summed E-state index contributed by atoms with van der Waals surface area (Å²) in [5, 5.41) is 2.53. The number of benzene rings is 2. The zero-order valence-electron chi connectivity index (χ0n) is 12.2. The molecule has 0 atom stereocenters. The van der Waals surface area contributed by atoms with E-state index in [1.54, 1.807) is 7.11 Å². The first-order valence-electron chi connectivity index (χ1n) is 6.64. The number of halogens is 3. The Bertz CT molecular complexity index is 712. The normalized spacial score (nSPS) is 10.4. The minimum absolute atomic E-state index is 0.211. The van der Waals surface area contributed by atoms with Crippen LogP contribution in [-0.2, 0) is 10.5 Å². The second-order valence-corrected chi connectivity index (χ2v) is 6.48. The first-order chi connectivity index (χ1) is 11.0. The largest absolute Gasteiger partial charge is 0.496 e. The fraction of sp³-hybridized carbons (Fsp3) is 0.188. The van der Waals surface area contributed by atoms with Crippen LogP contribution in [0.4, 0.5) is 14.5 Å². The lowest BCUT2D eigenvalue weighted by molar-refractivity contribution is -0.113. The van der Waals surface area contributed by atoms with E-state index in [1.165, 1.54) is 17.8 Å². The van der Waals surface area contributed by atoms with Gasteiger partial charge in [0.1, 0.15) is 5.75 Å². The summed E-state index contributed by atoms with van der Waals surface area (Å²) < 4.78 is 31.9. The van der Waals surface area contributed by atoms with Crippen molar-refractivity contribution in [3.05, 3.63) is 58.1 Å². The van der Waals surface area contributed by atoms with E-state index >= 15 is 0 Å². The summed E-state index contributed by atoms with van der Waals surface area (Å²) in [5.74, 6) is -0.597. The predicted octanol–water partition coefficient (Wildman–Crippen LogP) is 4.61.